The number of hydrogen-bond acceptors (Lipinski definition) is 9. The van der Waals surface area contributed by atoms with E-state index in [-0.39, 0.29) is 16.8 Å². The van der Waals surface area contributed by atoms with E-state index in [2.05, 4.69) is 40.2 Å². The molecule has 13 heteroatoms. The zero-order chi connectivity index (χ0) is 25.0. The molecular formula is C23H22N8O4S. The summed E-state index contributed by atoms with van der Waals surface area (Å²) in [4.78, 5) is 31.5. The van der Waals surface area contributed by atoms with E-state index in [0.717, 1.165) is 11.2 Å². The highest BCUT2D eigenvalue weighted by Gasteiger charge is 2.19. The average molecular weight is 507 g/mol. The van der Waals surface area contributed by atoms with Gasteiger partial charge in [-0.15, -0.1) is 0 Å². The van der Waals surface area contributed by atoms with Gasteiger partial charge in [0.15, 0.2) is 0 Å². The number of urea groups is 1. The summed E-state index contributed by atoms with van der Waals surface area (Å²) in [6.07, 6.45) is 2.86. The number of rotatable bonds is 6. The predicted molar refractivity (Wildman–Crippen MR) is 134 cm³/mol. The first-order chi connectivity index (χ1) is 17.5. The number of morpholine rings is 1. The number of sulfonamides is 1. The van der Waals surface area contributed by atoms with E-state index < -0.39 is 16.1 Å². The SMILES string of the molecule is O=C(Nc1ccc(S(=O)(=O)Nc2ncccn2)cc1)Nc1nc(N2CCOCC2)c2ccccc2n1. The van der Waals surface area contributed by atoms with E-state index in [9.17, 15) is 13.2 Å². The van der Waals surface area contributed by atoms with Crippen LogP contribution in [-0.2, 0) is 14.8 Å². The second-order valence-electron chi connectivity index (χ2n) is 7.77. The van der Waals surface area contributed by atoms with Crippen LogP contribution in [0.25, 0.3) is 10.9 Å². The lowest BCUT2D eigenvalue weighted by Crippen LogP contribution is -2.37. The topological polar surface area (TPSA) is 151 Å². The predicted octanol–water partition coefficient (Wildman–Crippen LogP) is 2.70. The van der Waals surface area contributed by atoms with Gasteiger partial charge >= 0.3 is 6.03 Å². The summed E-state index contributed by atoms with van der Waals surface area (Å²) >= 11 is 0. The quantitative estimate of drug-likeness (QED) is 0.358. The molecule has 2 aromatic heterocycles. The van der Waals surface area contributed by atoms with Crippen molar-refractivity contribution < 1.29 is 17.9 Å². The van der Waals surface area contributed by atoms with Crippen LogP contribution in [0.5, 0.6) is 0 Å². The molecule has 0 atom stereocenters. The highest BCUT2D eigenvalue weighted by Crippen LogP contribution is 2.26. The lowest BCUT2D eigenvalue weighted by Gasteiger charge is -2.28. The smallest absolute Gasteiger partial charge is 0.326 e. The van der Waals surface area contributed by atoms with Crippen LogP contribution in [-0.4, -0.2) is 60.7 Å². The number of carbonyl (C=O) groups is 1. The number of nitrogens with zero attached hydrogens (tertiary/aromatic N) is 5. The van der Waals surface area contributed by atoms with Crippen molar-refractivity contribution in [3.63, 3.8) is 0 Å². The van der Waals surface area contributed by atoms with Crippen molar-refractivity contribution in [3.8, 4) is 0 Å². The lowest BCUT2D eigenvalue weighted by atomic mass is 10.2. The van der Waals surface area contributed by atoms with Crippen LogP contribution in [0.4, 0.5) is 28.2 Å². The van der Waals surface area contributed by atoms with E-state index in [1.165, 1.54) is 36.7 Å². The minimum absolute atomic E-state index is 0.00562. The van der Waals surface area contributed by atoms with Gasteiger partial charge < -0.3 is 15.0 Å². The molecule has 1 aliphatic heterocycles. The van der Waals surface area contributed by atoms with Crippen molar-refractivity contribution in [1.82, 2.24) is 19.9 Å². The first kappa shape index (κ1) is 23.4. The van der Waals surface area contributed by atoms with E-state index in [1.54, 1.807) is 6.07 Å². The zero-order valence-corrected chi connectivity index (χ0v) is 19.8. The largest absolute Gasteiger partial charge is 0.378 e. The molecule has 12 nitrogen and oxygen atoms in total. The van der Waals surface area contributed by atoms with Crippen molar-refractivity contribution in [2.75, 3.05) is 46.6 Å². The summed E-state index contributed by atoms with van der Waals surface area (Å²) in [5.74, 6) is 0.841. The van der Waals surface area contributed by atoms with Crippen LogP contribution < -0.4 is 20.3 Å². The number of anilines is 4. The van der Waals surface area contributed by atoms with Crippen LogP contribution in [0.1, 0.15) is 0 Å². The van der Waals surface area contributed by atoms with Gasteiger partial charge in [-0.1, -0.05) is 12.1 Å². The fourth-order valence-corrected chi connectivity index (χ4v) is 4.60. The molecule has 36 heavy (non-hydrogen) atoms. The monoisotopic (exact) mass is 506 g/mol. The Morgan fingerprint density at radius 2 is 1.58 bits per heavy atom. The molecule has 0 bridgehead atoms. The van der Waals surface area contributed by atoms with Gasteiger partial charge in [0.1, 0.15) is 5.82 Å². The molecule has 0 unspecified atom stereocenters. The number of amides is 2. The molecule has 3 N–H and O–H groups in total. The third-order valence-corrected chi connectivity index (χ3v) is 6.68. The number of para-hydroxylation sites is 1. The molecule has 0 saturated carbocycles. The van der Waals surface area contributed by atoms with Gasteiger partial charge in [-0.05, 0) is 42.5 Å². The molecule has 0 radical (unpaired) electrons. The molecule has 3 heterocycles. The summed E-state index contributed by atoms with van der Waals surface area (Å²) < 4.78 is 32.8. The molecule has 1 aliphatic rings. The van der Waals surface area contributed by atoms with Gasteiger partial charge in [0.05, 0.1) is 23.6 Å². The van der Waals surface area contributed by atoms with Crippen LogP contribution in [0, 0.1) is 0 Å². The highest BCUT2D eigenvalue weighted by molar-refractivity contribution is 7.92. The minimum atomic E-state index is -3.88. The zero-order valence-electron chi connectivity index (χ0n) is 19.0. The second-order valence-corrected chi connectivity index (χ2v) is 9.45. The summed E-state index contributed by atoms with van der Waals surface area (Å²) in [7, 11) is -3.88. The Hall–Kier alpha value is -4.36. The highest BCUT2D eigenvalue weighted by atomic mass is 32.2. The van der Waals surface area contributed by atoms with Gasteiger partial charge in [0.2, 0.25) is 11.9 Å². The Morgan fingerprint density at radius 3 is 2.33 bits per heavy atom. The number of carbonyl (C=O) groups excluding carboxylic acids is 1. The first-order valence-electron chi connectivity index (χ1n) is 11.1. The minimum Gasteiger partial charge on any atom is -0.378 e. The molecule has 1 saturated heterocycles. The number of ether oxygens (including phenoxy) is 1. The van der Waals surface area contributed by atoms with Crippen molar-refractivity contribution in [2.45, 2.75) is 4.90 Å². The molecular weight excluding hydrogens is 484 g/mol. The number of benzene rings is 2. The van der Waals surface area contributed by atoms with E-state index in [4.69, 9.17) is 4.74 Å². The molecule has 2 amide bonds. The van der Waals surface area contributed by atoms with Gasteiger partial charge in [-0.3, -0.25) is 5.32 Å². The Labute approximate surface area is 206 Å². The standard InChI is InChI=1S/C23H22N8O4S/c32-23(26-16-6-8-17(9-7-16)36(33,34)30-21-24-10-3-11-25-21)29-22-27-19-5-2-1-4-18(19)20(28-22)31-12-14-35-15-13-31/h1-11H,12-15H2,(H,24,25,30)(H2,26,27,28,29,32). The number of aromatic nitrogens is 4. The Morgan fingerprint density at radius 1 is 0.861 bits per heavy atom. The summed E-state index contributed by atoms with van der Waals surface area (Å²) in [5, 5.41) is 6.21. The van der Waals surface area contributed by atoms with Crippen molar-refractivity contribution in [2.24, 2.45) is 0 Å². The van der Waals surface area contributed by atoms with Crippen LogP contribution >= 0.6 is 0 Å². The van der Waals surface area contributed by atoms with Gasteiger partial charge in [0, 0.05) is 36.6 Å². The Balaban J connectivity index is 1.29. The Bertz CT molecular complexity index is 1480. The molecule has 1 fully saturated rings. The van der Waals surface area contributed by atoms with E-state index in [1.807, 2.05) is 24.3 Å². The lowest BCUT2D eigenvalue weighted by molar-refractivity contribution is 0.122. The fraction of sp³-hybridized carbons (Fsp3) is 0.174. The first-order valence-corrected chi connectivity index (χ1v) is 12.5. The van der Waals surface area contributed by atoms with Gasteiger partial charge in [-0.25, -0.2) is 32.9 Å². The molecule has 5 rings (SSSR count). The average Bonchev–Trinajstić information content (AvgIpc) is 2.89. The third kappa shape index (κ3) is 5.31. The maximum Gasteiger partial charge on any atom is 0.326 e. The molecule has 2 aromatic carbocycles. The summed E-state index contributed by atoms with van der Waals surface area (Å²) in [6, 6.07) is 14.3. The van der Waals surface area contributed by atoms with Gasteiger partial charge in [0.25, 0.3) is 10.0 Å². The second kappa shape index (κ2) is 10.1. The molecule has 4 aromatic rings. The van der Waals surface area contributed by atoms with Crippen LogP contribution in [0.2, 0.25) is 0 Å². The molecule has 0 aliphatic carbocycles. The summed E-state index contributed by atoms with van der Waals surface area (Å²) in [6.45, 7) is 2.57. The maximum atomic E-state index is 12.6. The number of nitrogens with one attached hydrogen (secondary N) is 3. The van der Waals surface area contributed by atoms with Crippen molar-refractivity contribution in [3.05, 3.63) is 67.0 Å². The van der Waals surface area contributed by atoms with Crippen molar-refractivity contribution >= 4 is 50.4 Å². The maximum absolute atomic E-state index is 12.6. The van der Waals surface area contributed by atoms with Gasteiger partial charge in [-0.2, -0.15) is 4.98 Å². The fourth-order valence-electron chi connectivity index (χ4n) is 3.64. The summed E-state index contributed by atoms with van der Waals surface area (Å²) in [5.41, 5.74) is 1.09. The molecule has 184 valence electrons. The van der Waals surface area contributed by atoms with Crippen LogP contribution in [0.3, 0.4) is 0 Å². The van der Waals surface area contributed by atoms with Crippen LogP contribution in [0.15, 0.2) is 71.9 Å². The Kier molecular flexibility index (Phi) is 6.56. The van der Waals surface area contributed by atoms with E-state index >= 15 is 0 Å². The number of fused-ring (bicyclic) bond motifs is 1. The van der Waals surface area contributed by atoms with E-state index in [0.29, 0.717) is 37.5 Å². The number of hydrogen-bond donors (Lipinski definition) is 3. The third-order valence-electron chi connectivity index (χ3n) is 5.33. The normalized spacial score (nSPS) is 13.8. The molecule has 0 spiro atoms. The van der Waals surface area contributed by atoms with Crippen molar-refractivity contribution in [1.29, 1.82) is 0 Å².